The number of carbonyl (C=O) groups is 1. The SMILES string of the molecule is C=C(NOCC(=O)Nc1ccc(OC)cc1)c1cccs1. The molecular weight excluding hydrogens is 288 g/mol. The largest absolute Gasteiger partial charge is 0.497 e. The van der Waals surface area contributed by atoms with Crippen LogP contribution < -0.4 is 15.5 Å². The van der Waals surface area contributed by atoms with E-state index in [4.69, 9.17) is 9.57 Å². The standard InChI is InChI=1S/C15H16N2O3S/c1-11(14-4-3-9-21-14)17-20-10-15(18)16-12-5-7-13(19-2)8-6-12/h3-9,17H,1,10H2,2H3,(H,16,18). The van der Waals surface area contributed by atoms with Gasteiger partial charge < -0.3 is 10.1 Å². The second-order valence-electron chi connectivity index (χ2n) is 4.12. The van der Waals surface area contributed by atoms with Crippen LogP contribution in [0.3, 0.4) is 0 Å². The zero-order chi connectivity index (χ0) is 15.1. The first kappa shape index (κ1) is 15.1. The smallest absolute Gasteiger partial charge is 0.253 e. The number of anilines is 1. The Hall–Kier alpha value is -2.31. The van der Waals surface area contributed by atoms with Crippen LogP contribution in [0, 0.1) is 0 Å². The lowest BCUT2D eigenvalue weighted by atomic mass is 10.3. The van der Waals surface area contributed by atoms with E-state index in [1.165, 1.54) is 0 Å². The zero-order valence-electron chi connectivity index (χ0n) is 11.6. The van der Waals surface area contributed by atoms with E-state index in [1.54, 1.807) is 42.7 Å². The van der Waals surface area contributed by atoms with Crippen molar-refractivity contribution in [2.75, 3.05) is 19.0 Å². The van der Waals surface area contributed by atoms with E-state index in [0.717, 1.165) is 10.6 Å². The number of amides is 1. The number of rotatable bonds is 7. The van der Waals surface area contributed by atoms with E-state index in [2.05, 4.69) is 17.4 Å². The van der Waals surface area contributed by atoms with Gasteiger partial charge in [-0.15, -0.1) is 11.3 Å². The molecule has 1 aromatic carbocycles. The van der Waals surface area contributed by atoms with Crippen molar-refractivity contribution < 1.29 is 14.4 Å². The predicted molar refractivity (Wildman–Crippen MR) is 84.1 cm³/mol. The lowest BCUT2D eigenvalue weighted by molar-refractivity contribution is -0.122. The maximum atomic E-state index is 11.7. The Morgan fingerprint density at radius 2 is 2.05 bits per heavy atom. The van der Waals surface area contributed by atoms with Crippen molar-refractivity contribution in [1.29, 1.82) is 0 Å². The molecule has 6 heteroatoms. The molecule has 0 aliphatic rings. The number of hydrogen-bond acceptors (Lipinski definition) is 5. The van der Waals surface area contributed by atoms with Gasteiger partial charge in [-0.1, -0.05) is 12.6 Å². The molecule has 0 bridgehead atoms. The van der Waals surface area contributed by atoms with Crippen LogP contribution in [0.2, 0.25) is 0 Å². The summed E-state index contributed by atoms with van der Waals surface area (Å²) in [5, 5.41) is 4.66. The maximum absolute atomic E-state index is 11.7. The van der Waals surface area contributed by atoms with Gasteiger partial charge in [0.15, 0.2) is 6.61 Å². The molecule has 1 heterocycles. The van der Waals surface area contributed by atoms with E-state index in [1.807, 2.05) is 17.5 Å². The summed E-state index contributed by atoms with van der Waals surface area (Å²) >= 11 is 1.54. The van der Waals surface area contributed by atoms with Gasteiger partial charge >= 0.3 is 0 Å². The van der Waals surface area contributed by atoms with Crippen molar-refractivity contribution in [3.05, 3.63) is 53.2 Å². The summed E-state index contributed by atoms with van der Waals surface area (Å²) in [6, 6.07) is 10.9. The van der Waals surface area contributed by atoms with Gasteiger partial charge in [-0.2, -0.15) is 0 Å². The molecule has 2 aromatic rings. The first-order chi connectivity index (χ1) is 10.2. The highest BCUT2D eigenvalue weighted by atomic mass is 32.1. The number of ether oxygens (including phenoxy) is 1. The molecule has 0 saturated heterocycles. The van der Waals surface area contributed by atoms with Crippen LogP contribution in [-0.2, 0) is 9.63 Å². The molecule has 0 unspecified atom stereocenters. The molecule has 2 rings (SSSR count). The van der Waals surface area contributed by atoms with Crippen molar-refractivity contribution in [3.63, 3.8) is 0 Å². The summed E-state index contributed by atoms with van der Waals surface area (Å²) in [6.07, 6.45) is 0. The predicted octanol–water partition coefficient (Wildman–Crippen LogP) is 2.89. The highest BCUT2D eigenvalue weighted by Gasteiger charge is 2.04. The second kappa shape index (κ2) is 7.47. The van der Waals surface area contributed by atoms with Gasteiger partial charge in [-0.25, -0.2) is 0 Å². The normalized spacial score (nSPS) is 9.95. The molecule has 0 saturated carbocycles. The first-order valence-electron chi connectivity index (χ1n) is 6.23. The number of carbonyl (C=O) groups excluding carboxylic acids is 1. The second-order valence-corrected chi connectivity index (χ2v) is 5.07. The van der Waals surface area contributed by atoms with Gasteiger partial charge in [0, 0.05) is 5.69 Å². The minimum atomic E-state index is -0.258. The highest BCUT2D eigenvalue weighted by Crippen LogP contribution is 2.16. The third-order valence-electron chi connectivity index (χ3n) is 2.59. The Labute approximate surface area is 127 Å². The van der Waals surface area contributed by atoms with Crippen LogP contribution in [-0.4, -0.2) is 19.6 Å². The summed E-state index contributed by atoms with van der Waals surface area (Å²) in [5.41, 5.74) is 3.96. The molecular formula is C15H16N2O3S. The van der Waals surface area contributed by atoms with Crippen LogP contribution in [0.15, 0.2) is 48.4 Å². The molecule has 21 heavy (non-hydrogen) atoms. The summed E-state index contributed by atoms with van der Waals surface area (Å²) in [4.78, 5) is 17.8. The fourth-order valence-electron chi connectivity index (χ4n) is 1.56. The van der Waals surface area contributed by atoms with E-state index in [9.17, 15) is 4.79 Å². The Kier molecular flexibility index (Phi) is 5.36. The van der Waals surface area contributed by atoms with Crippen LogP contribution in [0.1, 0.15) is 4.88 Å². The van der Waals surface area contributed by atoms with Gasteiger partial charge in [0.25, 0.3) is 5.91 Å². The molecule has 0 aliphatic carbocycles. The minimum absolute atomic E-state index is 0.115. The number of nitrogens with one attached hydrogen (secondary N) is 2. The van der Waals surface area contributed by atoms with Gasteiger partial charge in [0.2, 0.25) is 0 Å². The van der Waals surface area contributed by atoms with Crippen molar-refractivity contribution in [2.24, 2.45) is 0 Å². The molecule has 1 aromatic heterocycles. The first-order valence-corrected chi connectivity index (χ1v) is 7.11. The fourth-order valence-corrected chi connectivity index (χ4v) is 2.21. The molecule has 0 fully saturated rings. The topological polar surface area (TPSA) is 59.6 Å². The maximum Gasteiger partial charge on any atom is 0.253 e. The van der Waals surface area contributed by atoms with Crippen molar-refractivity contribution in [3.8, 4) is 5.75 Å². The van der Waals surface area contributed by atoms with Crippen LogP contribution in [0.4, 0.5) is 5.69 Å². The van der Waals surface area contributed by atoms with Gasteiger partial charge in [0.1, 0.15) is 5.75 Å². The molecule has 0 spiro atoms. The monoisotopic (exact) mass is 304 g/mol. The average molecular weight is 304 g/mol. The Balaban J connectivity index is 1.73. The summed E-state index contributed by atoms with van der Waals surface area (Å²) in [6.45, 7) is 3.71. The lowest BCUT2D eigenvalue weighted by Gasteiger charge is -2.09. The lowest BCUT2D eigenvalue weighted by Crippen LogP contribution is -2.23. The zero-order valence-corrected chi connectivity index (χ0v) is 12.4. The van der Waals surface area contributed by atoms with Crippen LogP contribution in [0.5, 0.6) is 5.75 Å². The summed E-state index contributed by atoms with van der Waals surface area (Å²) in [5.74, 6) is 0.477. The van der Waals surface area contributed by atoms with Crippen molar-refractivity contribution in [1.82, 2.24) is 5.48 Å². The number of methoxy groups -OCH3 is 1. The van der Waals surface area contributed by atoms with E-state index >= 15 is 0 Å². The van der Waals surface area contributed by atoms with E-state index < -0.39 is 0 Å². The molecule has 0 radical (unpaired) electrons. The van der Waals surface area contributed by atoms with Crippen LogP contribution >= 0.6 is 11.3 Å². The quantitative estimate of drug-likeness (QED) is 0.772. The number of hydrogen-bond donors (Lipinski definition) is 2. The number of benzene rings is 1. The summed E-state index contributed by atoms with van der Waals surface area (Å²) in [7, 11) is 1.59. The molecule has 110 valence electrons. The van der Waals surface area contributed by atoms with Gasteiger partial charge in [-0.3, -0.25) is 15.1 Å². The average Bonchev–Trinajstić information content (AvgIpc) is 3.02. The molecule has 5 nitrogen and oxygen atoms in total. The van der Waals surface area contributed by atoms with Crippen molar-refractivity contribution in [2.45, 2.75) is 0 Å². The molecule has 0 atom stereocenters. The molecule has 1 amide bonds. The third kappa shape index (κ3) is 4.62. The molecule has 2 N–H and O–H groups in total. The minimum Gasteiger partial charge on any atom is -0.497 e. The molecule has 0 aliphatic heterocycles. The highest BCUT2D eigenvalue weighted by molar-refractivity contribution is 7.11. The van der Waals surface area contributed by atoms with Crippen LogP contribution in [0.25, 0.3) is 5.70 Å². The summed E-state index contributed by atoms with van der Waals surface area (Å²) < 4.78 is 5.04. The Bertz CT molecular complexity index is 594. The Morgan fingerprint density at radius 1 is 1.29 bits per heavy atom. The third-order valence-corrected chi connectivity index (χ3v) is 3.52. The van der Waals surface area contributed by atoms with Gasteiger partial charge in [-0.05, 0) is 35.7 Å². The number of hydroxylamine groups is 1. The number of thiophene rings is 1. The van der Waals surface area contributed by atoms with Crippen molar-refractivity contribution >= 4 is 28.6 Å². The van der Waals surface area contributed by atoms with Gasteiger partial charge in [0.05, 0.1) is 17.7 Å². The van der Waals surface area contributed by atoms with E-state index in [-0.39, 0.29) is 12.5 Å². The fraction of sp³-hybridized carbons (Fsp3) is 0.133. The Morgan fingerprint density at radius 3 is 2.67 bits per heavy atom. The van der Waals surface area contributed by atoms with E-state index in [0.29, 0.717) is 11.4 Å².